The van der Waals surface area contributed by atoms with Gasteiger partial charge >= 0.3 is 0 Å². The van der Waals surface area contributed by atoms with Gasteiger partial charge in [-0.15, -0.1) is 33.3 Å². The summed E-state index contributed by atoms with van der Waals surface area (Å²) in [7, 11) is 0. The predicted octanol–water partition coefficient (Wildman–Crippen LogP) is 5.44. The van der Waals surface area contributed by atoms with Gasteiger partial charge in [0.05, 0.1) is 5.25 Å². The summed E-state index contributed by atoms with van der Waals surface area (Å²) >= 11 is 4.11. The van der Waals surface area contributed by atoms with E-state index in [1.807, 2.05) is 36.6 Å². The van der Waals surface area contributed by atoms with Gasteiger partial charge in [-0.05, 0) is 61.7 Å². The lowest BCUT2D eigenvalue weighted by Gasteiger charge is -2.13. The van der Waals surface area contributed by atoms with Gasteiger partial charge in [0, 0.05) is 21.0 Å². The van der Waals surface area contributed by atoms with E-state index in [0.717, 1.165) is 14.8 Å². The topological polar surface area (TPSA) is 113 Å². The molecule has 2 heterocycles. The highest BCUT2D eigenvalue weighted by molar-refractivity contribution is 8.00. The van der Waals surface area contributed by atoms with Crippen LogP contribution >= 0.6 is 34.4 Å². The lowest BCUT2D eigenvalue weighted by molar-refractivity contribution is -0.115. The minimum absolute atomic E-state index is 0.120. The fraction of sp³-hybridized carbons (Fsp3) is 0.115. The molecule has 1 atom stereocenters. The molecule has 0 bridgehead atoms. The number of aromatic nitrogens is 2. The molecule has 3 amide bonds. The maximum atomic E-state index is 13.2. The molecule has 11 heteroatoms. The zero-order valence-electron chi connectivity index (χ0n) is 19.9. The summed E-state index contributed by atoms with van der Waals surface area (Å²) in [5.41, 5.74) is 1.10. The zero-order chi connectivity index (χ0) is 26.2. The maximum Gasteiger partial charge on any atom is 0.272 e. The van der Waals surface area contributed by atoms with E-state index in [0.29, 0.717) is 16.4 Å². The van der Waals surface area contributed by atoms with E-state index in [-0.39, 0.29) is 17.5 Å². The maximum absolute atomic E-state index is 13.2. The molecule has 2 aromatic heterocycles. The van der Waals surface area contributed by atoms with Crippen LogP contribution in [0.4, 0.5) is 10.8 Å². The molecule has 4 rings (SSSR count). The van der Waals surface area contributed by atoms with Crippen LogP contribution in [0.5, 0.6) is 0 Å². The Kier molecular flexibility index (Phi) is 8.83. The van der Waals surface area contributed by atoms with Crippen LogP contribution in [0.3, 0.4) is 0 Å². The summed E-state index contributed by atoms with van der Waals surface area (Å²) < 4.78 is 0. The molecule has 0 aliphatic heterocycles. The predicted molar refractivity (Wildman–Crippen MR) is 150 cm³/mol. The Balaban J connectivity index is 1.44. The summed E-state index contributed by atoms with van der Waals surface area (Å²) in [6.45, 7) is 3.61. The first-order chi connectivity index (χ1) is 17.9. The Morgan fingerprint density at radius 1 is 0.973 bits per heavy atom. The fourth-order valence-electron chi connectivity index (χ4n) is 3.12. The summed E-state index contributed by atoms with van der Waals surface area (Å²) in [5, 5.41) is 18.9. The standard InChI is InChI=1S/C26H23N5O3S3/c1-16(23(32)29-26-31-30-17(2)37-26)36-21-11-6-10-19(14-21)27-25(34)22(15-20-12-7-13-35-20)28-24(33)18-8-4-3-5-9-18/h3-16H,1-2H3,(H,27,34)(H,28,33)(H,29,31,32)/b22-15-. The molecule has 0 aliphatic carbocycles. The van der Waals surface area contributed by atoms with E-state index >= 15 is 0 Å². The van der Waals surface area contributed by atoms with E-state index in [9.17, 15) is 14.4 Å². The highest BCUT2D eigenvalue weighted by Crippen LogP contribution is 2.27. The summed E-state index contributed by atoms with van der Waals surface area (Å²) in [5.74, 6) is -1.04. The van der Waals surface area contributed by atoms with E-state index in [2.05, 4.69) is 26.1 Å². The SMILES string of the molecule is Cc1nnc(NC(=O)C(C)Sc2cccc(NC(=O)/C(=C/c3cccs3)NC(=O)c3ccccc3)c2)s1. The first-order valence-electron chi connectivity index (χ1n) is 11.2. The number of nitrogens with zero attached hydrogens (tertiary/aromatic N) is 2. The zero-order valence-corrected chi connectivity index (χ0v) is 22.4. The molecule has 0 fully saturated rings. The monoisotopic (exact) mass is 549 g/mol. The third-order valence-electron chi connectivity index (χ3n) is 4.89. The number of amides is 3. The molecule has 2 aromatic carbocycles. The highest BCUT2D eigenvalue weighted by Gasteiger charge is 2.18. The molecular formula is C26H23N5O3S3. The second kappa shape index (κ2) is 12.4. The first-order valence-corrected chi connectivity index (χ1v) is 13.8. The molecule has 188 valence electrons. The third kappa shape index (κ3) is 7.59. The smallest absolute Gasteiger partial charge is 0.272 e. The molecule has 0 radical (unpaired) electrons. The van der Waals surface area contributed by atoms with Crippen molar-refractivity contribution < 1.29 is 14.4 Å². The van der Waals surface area contributed by atoms with Crippen LogP contribution < -0.4 is 16.0 Å². The van der Waals surface area contributed by atoms with E-state index in [1.165, 1.54) is 34.4 Å². The quantitative estimate of drug-likeness (QED) is 0.189. The normalized spacial score (nSPS) is 12.0. The number of benzene rings is 2. The number of hydrogen-bond donors (Lipinski definition) is 3. The number of carbonyl (C=O) groups is 3. The van der Waals surface area contributed by atoms with Crippen LogP contribution in [0, 0.1) is 6.92 Å². The van der Waals surface area contributed by atoms with Crippen molar-refractivity contribution in [1.29, 1.82) is 0 Å². The molecule has 1 unspecified atom stereocenters. The number of nitrogens with one attached hydrogen (secondary N) is 3. The van der Waals surface area contributed by atoms with Crippen LogP contribution in [0.2, 0.25) is 0 Å². The van der Waals surface area contributed by atoms with Gasteiger partial charge < -0.3 is 10.6 Å². The molecule has 0 spiro atoms. The highest BCUT2D eigenvalue weighted by atomic mass is 32.2. The number of thioether (sulfide) groups is 1. The number of anilines is 2. The van der Waals surface area contributed by atoms with Crippen molar-refractivity contribution in [2.24, 2.45) is 0 Å². The Labute approximate surface area is 226 Å². The lowest BCUT2D eigenvalue weighted by Crippen LogP contribution is -2.30. The lowest BCUT2D eigenvalue weighted by atomic mass is 10.2. The second-order valence-electron chi connectivity index (χ2n) is 7.75. The molecule has 0 aliphatic rings. The minimum atomic E-state index is -0.461. The van der Waals surface area contributed by atoms with Crippen molar-refractivity contribution in [3.8, 4) is 0 Å². The van der Waals surface area contributed by atoms with E-state index < -0.39 is 11.2 Å². The summed E-state index contributed by atoms with van der Waals surface area (Å²) in [6, 6.07) is 19.6. The van der Waals surface area contributed by atoms with Crippen molar-refractivity contribution >= 4 is 69.1 Å². The summed E-state index contributed by atoms with van der Waals surface area (Å²) in [6.07, 6.45) is 1.64. The average molecular weight is 550 g/mol. The Morgan fingerprint density at radius 2 is 1.78 bits per heavy atom. The molecule has 37 heavy (non-hydrogen) atoms. The first kappa shape index (κ1) is 26.3. The number of carbonyl (C=O) groups excluding carboxylic acids is 3. The van der Waals surface area contributed by atoms with Gasteiger partial charge in [0.1, 0.15) is 10.7 Å². The average Bonchev–Trinajstić information content (AvgIpc) is 3.55. The van der Waals surface area contributed by atoms with Crippen LogP contribution in [0.15, 0.2) is 82.7 Å². The molecule has 4 aromatic rings. The molecule has 0 saturated carbocycles. The van der Waals surface area contributed by atoms with Crippen LogP contribution in [0.1, 0.15) is 27.2 Å². The van der Waals surface area contributed by atoms with Crippen LogP contribution in [0.25, 0.3) is 6.08 Å². The van der Waals surface area contributed by atoms with Gasteiger partial charge in [-0.3, -0.25) is 19.7 Å². The van der Waals surface area contributed by atoms with E-state index in [4.69, 9.17) is 0 Å². The van der Waals surface area contributed by atoms with Gasteiger partial charge in [-0.25, -0.2) is 0 Å². The number of thiophene rings is 1. The van der Waals surface area contributed by atoms with Gasteiger partial charge in [0.25, 0.3) is 11.8 Å². The van der Waals surface area contributed by atoms with E-state index in [1.54, 1.807) is 55.5 Å². The third-order valence-corrected chi connectivity index (χ3v) is 7.56. The number of hydrogen-bond acceptors (Lipinski definition) is 8. The second-order valence-corrected chi connectivity index (χ2v) is 11.3. The van der Waals surface area contributed by atoms with Crippen LogP contribution in [-0.4, -0.2) is 33.2 Å². The van der Waals surface area contributed by atoms with Gasteiger partial charge in [-0.1, -0.05) is 41.7 Å². The van der Waals surface area contributed by atoms with Crippen molar-refractivity contribution in [2.75, 3.05) is 10.6 Å². The number of aryl methyl sites for hydroxylation is 1. The van der Waals surface area contributed by atoms with Gasteiger partial charge in [-0.2, -0.15) is 0 Å². The summed E-state index contributed by atoms with van der Waals surface area (Å²) in [4.78, 5) is 40.1. The Hall–Kier alpha value is -3.80. The molecule has 8 nitrogen and oxygen atoms in total. The largest absolute Gasteiger partial charge is 0.321 e. The Morgan fingerprint density at radius 3 is 2.49 bits per heavy atom. The van der Waals surface area contributed by atoms with Gasteiger partial charge in [0.15, 0.2) is 0 Å². The van der Waals surface area contributed by atoms with Crippen LogP contribution in [-0.2, 0) is 9.59 Å². The van der Waals surface area contributed by atoms with Crippen molar-refractivity contribution in [1.82, 2.24) is 15.5 Å². The Bertz CT molecular complexity index is 1420. The van der Waals surface area contributed by atoms with Crippen molar-refractivity contribution in [2.45, 2.75) is 24.0 Å². The molecule has 3 N–H and O–H groups in total. The molecule has 0 saturated heterocycles. The van der Waals surface area contributed by atoms with Crippen molar-refractivity contribution in [3.63, 3.8) is 0 Å². The number of rotatable bonds is 9. The van der Waals surface area contributed by atoms with Gasteiger partial charge in [0.2, 0.25) is 11.0 Å². The fourth-order valence-corrected chi connectivity index (χ4v) is 5.29. The molecular weight excluding hydrogens is 527 g/mol. The van der Waals surface area contributed by atoms with Crippen molar-refractivity contribution in [3.05, 3.63) is 93.3 Å². The minimum Gasteiger partial charge on any atom is -0.321 e.